The second-order valence-corrected chi connectivity index (χ2v) is 17.1. The van der Waals surface area contributed by atoms with E-state index < -0.39 is 0 Å². The lowest BCUT2D eigenvalue weighted by atomic mass is 9.88. The van der Waals surface area contributed by atoms with Gasteiger partial charge in [0.15, 0.2) is 0 Å². The molecule has 0 aliphatic heterocycles. The number of pyridine rings is 3. The summed E-state index contributed by atoms with van der Waals surface area (Å²) in [6.45, 7) is 17.8. The first-order chi connectivity index (χ1) is 25.1. The highest BCUT2D eigenvalue weighted by atomic mass is 14.7. The van der Waals surface area contributed by atoms with Crippen molar-refractivity contribution in [2.75, 3.05) is 0 Å². The molecule has 0 fully saturated rings. The van der Waals surface area contributed by atoms with Crippen LogP contribution >= 0.6 is 0 Å². The molecule has 3 heterocycles. The molecule has 0 spiro atoms. The van der Waals surface area contributed by atoms with Crippen LogP contribution in [-0.4, -0.2) is 15.0 Å². The maximum atomic E-state index is 4.71. The van der Waals surface area contributed by atoms with Gasteiger partial charge >= 0.3 is 0 Å². The lowest BCUT2D eigenvalue weighted by Crippen LogP contribution is -2.07. The van der Waals surface area contributed by atoms with E-state index in [1.165, 1.54) is 153 Å². The quantitative estimate of drug-likeness (QED) is 0.211. The first-order valence-corrected chi connectivity index (χ1v) is 21.1. The molecule has 0 atom stereocenters. The van der Waals surface area contributed by atoms with Gasteiger partial charge in [-0.3, -0.25) is 15.0 Å². The van der Waals surface area contributed by atoms with E-state index in [1.807, 2.05) is 0 Å². The first-order valence-electron chi connectivity index (χ1n) is 21.1. The summed E-state index contributed by atoms with van der Waals surface area (Å²) >= 11 is 0. The van der Waals surface area contributed by atoms with Crippen LogP contribution in [0.1, 0.15) is 205 Å². The molecule has 0 saturated heterocycles. The maximum absolute atomic E-state index is 4.71. The summed E-state index contributed by atoms with van der Waals surface area (Å²) in [5.74, 6) is 2.41. The molecule has 0 bridgehead atoms. The highest BCUT2D eigenvalue weighted by Gasteiger charge is 2.14. The van der Waals surface area contributed by atoms with Crippen molar-refractivity contribution in [1.29, 1.82) is 0 Å². The monoisotopic (exact) mass is 716 g/mol. The molecule has 4 aliphatic carbocycles. The molecule has 53 heavy (non-hydrogen) atoms. The molecule has 288 valence electrons. The van der Waals surface area contributed by atoms with Crippen LogP contribution in [0.25, 0.3) is 0 Å². The number of benzene rings is 1. The van der Waals surface area contributed by atoms with E-state index in [0.717, 1.165) is 0 Å². The Hall–Kier alpha value is -3.33. The topological polar surface area (TPSA) is 38.7 Å². The highest BCUT2D eigenvalue weighted by Crippen LogP contribution is 2.27. The minimum Gasteiger partial charge on any atom is -0.261 e. The summed E-state index contributed by atoms with van der Waals surface area (Å²) in [7, 11) is 0. The van der Waals surface area contributed by atoms with E-state index in [1.54, 1.807) is 16.7 Å². The Kier molecular flexibility index (Phi) is 16.8. The normalized spacial score (nSPS) is 15.6. The van der Waals surface area contributed by atoms with Crippen molar-refractivity contribution in [2.45, 2.75) is 189 Å². The van der Waals surface area contributed by atoms with Crippen LogP contribution in [0.2, 0.25) is 0 Å². The number of nitrogens with zero attached hydrogens (tertiary/aromatic N) is 3. The molecule has 0 amide bonds. The van der Waals surface area contributed by atoms with Crippen LogP contribution in [0.5, 0.6) is 0 Å². The predicted molar refractivity (Wildman–Crippen MR) is 229 cm³/mol. The van der Waals surface area contributed by atoms with E-state index >= 15 is 0 Å². The van der Waals surface area contributed by atoms with Gasteiger partial charge < -0.3 is 0 Å². The highest BCUT2D eigenvalue weighted by molar-refractivity contribution is 5.35. The fourth-order valence-corrected chi connectivity index (χ4v) is 7.90. The number of hydrogen-bond acceptors (Lipinski definition) is 3. The van der Waals surface area contributed by atoms with Crippen molar-refractivity contribution in [3.8, 4) is 0 Å². The summed E-state index contributed by atoms with van der Waals surface area (Å²) in [4.78, 5) is 13.7. The maximum Gasteiger partial charge on any atom is 0.0438 e. The van der Waals surface area contributed by atoms with Crippen LogP contribution in [0, 0.1) is 0 Å². The Morgan fingerprint density at radius 3 is 1.49 bits per heavy atom. The van der Waals surface area contributed by atoms with Gasteiger partial charge in [-0.1, -0.05) is 93.1 Å². The Bertz CT molecular complexity index is 1460. The SMILES string of the molecule is C.CC(C)c1cc2c(cn1)CCCC2.CC(C)c1ccc2c(c1)CCCC2.CC(C)c1ccc2c(n1)CCCC2.CC(C)c1cnc2c(c1)CCCC2. The summed E-state index contributed by atoms with van der Waals surface area (Å²) < 4.78 is 0. The van der Waals surface area contributed by atoms with Crippen molar-refractivity contribution < 1.29 is 0 Å². The molecule has 3 heteroatoms. The van der Waals surface area contributed by atoms with Crippen molar-refractivity contribution in [1.82, 2.24) is 15.0 Å². The Morgan fingerprint density at radius 1 is 0.377 bits per heavy atom. The molecule has 0 radical (unpaired) electrons. The fraction of sp³-hybridized carbons (Fsp3) is 0.580. The summed E-state index contributed by atoms with van der Waals surface area (Å²) in [6, 6.07) is 16.2. The largest absolute Gasteiger partial charge is 0.261 e. The van der Waals surface area contributed by atoms with Gasteiger partial charge in [0.05, 0.1) is 0 Å². The van der Waals surface area contributed by atoms with Crippen molar-refractivity contribution in [3.05, 3.63) is 122 Å². The van der Waals surface area contributed by atoms with Gasteiger partial charge in [-0.25, -0.2) is 0 Å². The summed E-state index contributed by atoms with van der Waals surface area (Å²) in [5, 5.41) is 0. The van der Waals surface area contributed by atoms with E-state index in [4.69, 9.17) is 4.98 Å². The van der Waals surface area contributed by atoms with Crippen molar-refractivity contribution in [3.63, 3.8) is 0 Å². The average Bonchev–Trinajstić information content (AvgIpc) is 3.17. The number of aromatic nitrogens is 3. The van der Waals surface area contributed by atoms with Crippen LogP contribution in [0.15, 0.2) is 54.9 Å². The zero-order valence-electron chi connectivity index (χ0n) is 34.2. The lowest BCUT2D eigenvalue weighted by Gasteiger charge is -2.17. The van der Waals surface area contributed by atoms with Gasteiger partial charge in [0.2, 0.25) is 0 Å². The van der Waals surface area contributed by atoms with E-state index in [-0.39, 0.29) is 7.43 Å². The molecule has 1 aromatic carbocycles. The van der Waals surface area contributed by atoms with Crippen molar-refractivity contribution >= 4 is 0 Å². The zero-order valence-corrected chi connectivity index (χ0v) is 34.2. The third kappa shape index (κ3) is 12.3. The number of hydrogen-bond donors (Lipinski definition) is 0. The Balaban J connectivity index is 0.000000157. The van der Waals surface area contributed by atoms with Gasteiger partial charge in [0.25, 0.3) is 0 Å². The Morgan fingerprint density at radius 2 is 0.868 bits per heavy atom. The molecule has 3 nitrogen and oxygen atoms in total. The second kappa shape index (κ2) is 20.9. The third-order valence-corrected chi connectivity index (χ3v) is 11.5. The third-order valence-electron chi connectivity index (χ3n) is 11.5. The molecule has 0 N–H and O–H groups in total. The molecule has 3 aromatic heterocycles. The molecule has 0 unspecified atom stereocenters. The van der Waals surface area contributed by atoms with Crippen LogP contribution < -0.4 is 0 Å². The van der Waals surface area contributed by atoms with E-state index in [2.05, 4.69) is 120 Å². The van der Waals surface area contributed by atoms with Gasteiger partial charge in [-0.05, 0) is 183 Å². The minimum absolute atomic E-state index is 0. The van der Waals surface area contributed by atoms with Crippen LogP contribution in [0.3, 0.4) is 0 Å². The standard InChI is InChI=1S/C13H18.3C12H17N.CH4/c1-10(2)12-8-7-11-5-3-4-6-13(11)9-12;1-9(2)11-7-10-5-3-4-6-12(10)13-8-11;1-9(2)12-7-10-5-3-4-6-11(10)8-13-12;1-9(2)11-8-7-10-5-3-4-6-12(10)13-11;/h7-10H,3-6H2,1-2H3;3*7-9H,3-6H2,1-2H3;1H4. The lowest BCUT2D eigenvalue weighted by molar-refractivity contribution is 0.657. The van der Waals surface area contributed by atoms with Crippen molar-refractivity contribution in [2.24, 2.45) is 0 Å². The van der Waals surface area contributed by atoms with Gasteiger partial charge in [-0.2, -0.15) is 0 Å². The molecule has 8 rings (SSSR count). The number of aryl methyl sites for hydroxylation is 8. The minimum atomic E-state index is 0. The smallest absolute Gasteiger partial charge is 0.0438 e. The molecular weight excluding hydrogens is 643 g/mol. The van der Waals surface area contributed by atoms with Gasteiger partial charge in [0.1, 0.15) is 0 Å². The summed E-state index contributed by atoms with van der Waals surface area (Å²) in [5.41, 5.74) is 17.3. The van der Waals surface area contributed by atoms with Crippen LogP contribution in [-0.2, 0) is 51.4 Å². The first kappa shape index (κ1) is 42.4. The second-order valence-electron chi connectivity index (χ2n) is 17.1. The molecule has 4 aliphatic rings. The number of fused-ring (bicyclic) bond motifs is 4. The molecular formula is C50H73N3. The number of rotatable bonds is 4. The van der Waals surface area contributed by atoms with Gasteiger partial charge in [0, 0.05) is 35.2 Å². The molecule has 0 saturated carbocycles. The van der Waals surface area contributed by atoms with E-state index in [9.17, 15) is 0 Å². The average molecular weight is 716 g/mol. The van der Waals surface area contributed by atoms with Gasteiger partial charge in [-0.15, -0.1) is 0 Å². The Labute approximate surface area is 325 Å². The predicted octanol–water partition coefficient (Wildman–Crippen LogP) is 13.6. The molecule has 4 aromatic rings. The zero-order chi connectivity index (χ0) is 37.0. The summed E-state index contributed by atoms with van der Waals surface area (Å²) in [6.07, 6.45) is 24.9. The van der Waals surface area contributed by atoms with Crippen LogP contribution in [0.4, 0.5) is 0 Å². The fourth-order valence-electron chi connectivity index (χ4n) is 7.90. The van der Waals surface area contributed by atoms with E-state index in [0.29, 0.717) is 23.7 Å².